The van der Waals surface area contributed by atoms with Crippen molar-refractivity contribution in [1.82, 2.24) is 10.2 Å². The number of anilines is 2. The van der Waals surface area contributed by atoms with E-state index < -0.39 is 0 Å². The van der Waals surface area contributed by atoms with E-state index >= 15 is 0 Å². The third kappa shape index (κ3) is 4.15. The first-order valence-corrected chi connectivity index (χ1v) is 8.34. The molecular weight excluding hydrogens is 376 g/mol. The van der Waals surface area contributed by atoms with Crippen LogP contribution in [-0.2, 0) is 0 Å². The molecule has 2 N–H and O–H groups in total. The van der Waals surface area contributed by atoms with Crippen molar-refractivity contribution in [2.75, 3.05) is 17.2 Å². The maximum absolute atomic E-state index is 12.2. The molecule has 1 aromatic carbocycles. The van der Waals surface area contributed by atoms with Gasteiger partial charge >= 0.3 is 0 Å². The zero-order chi connectivity index (χ0) is 15.4. The molecule has 2 aromatic rings. The number of aromatic nitrogens is 2. The monoisotopic (exact) mass is 388 g/mol. The highest BCUT2D eigenvalue weighted by molar-refractivity contribution is 9.10. The molecule has 0 aliphatic carbocycles. The average Bonchev–Trinajstić information content (AvgIpc) is 2.91. The lowest BCUT2D eigenvalue weighted by atomic mass is 10.2. The van der Waals surface area contributed by atoms with Crippen LogP contribution in [0.3, 0.4) is 0 Å². The number of aryl methyl sites for hydroxylation is 1. The van der Waals surface area contributed by atoms with E-state index in [0.717, 1.165) is 23.0 Å². The Hall–Kier alpha value is -1.18. The van der Waals surface area contributed by atoms with Gasteiger partial charge in [0.15, 0.2) is 0 Å². The summed E-state index contributed by atoms with van der Waals surface area (Å²) in [7, 11) is 0. The highest BCUT2D eigenvalue weighted by Crippen LogP contribution is 2.29. The van der Waals surface area contributed by atoms with Gasteiger partial charge in [-0.15, -0.1) is 10.2 Å². The van der Waals surface area contributed by atoms with Gasteiger partial charge in [0.25, 0.3) is 5.91 Å². The van der Waals surface area contributed by atoms with Gasteiger partial charge in [-0.25, -0.2) is 0 Å². The topological polar surface area (TPSA) is 66.9 Å². The van der Waals surface area contributed by atoms with E-state index in [1.54, 1.807) is 6.07 Å². The summed E-state index contributed by atoms with van der Waals surface area (Å²) in [4.78, 5) is 12.2. The van der Waals surface area contributed by atoms with Gasteiger partial charge in [-0.2, -0.15) is 0 Å². The number of amides is 1. The summed E-state index contributed by atoms with van der Waals surface area (Å²) in [5.74, 6) is -0.308. The average molecular weight is 390 g/mol. The van der Waals surface area contributed by atoms with Gasteiger partial charge < -0.3 is 10.6 Å². The Labute approximate surface area is 140 Å². The number of hydrogen-bond donors (Lipinski definition) is 2. The molecule has 0 fully saturated rings. The Morgan fingerprint density at radius 3 is 2.90 bits per heavy atom. The predicted octanol–water partition coefficient (Wildman–Crippen LogP) is 4.34. The Balaban J connectivity index is 2.11. The maximum atomic E-state index is 12.2. The van der Waals surface area contributed by atoms with Crippen molar-refractivity contribution >= 4 is 55.6 Å². The first-order valence-electron chi connectivity index (χ1n) is 6.35. The molecule has 0 radical (unpaired) electrons. The van der Waals surface area contributed by atoms with Crippen LogP contribution >= 0.6 is 38.9 Å². The molecule has 0 atom stereocenters. The summed E-state index contributed by atoms with van der Waals surface area (Å²) in [5.41, 5.74) is 1.54. The molecule has 0 spiro atoms. The van der Waals surface area contributed by atoms with Crippen LogP contribution in [0.5, 0.6) is 0 Å². The van der Waals surface area contributed by atoms with Gasteiger partial charge in [0, 0.05) is 16.0 Å². The van der Waals surface area contributed by atoms with Crippen LogP contribution in [0.4, 0.5) is 10.8 Å². The summed E-state index contributed by atoms with van der Waals surface area (Å²) in [6.07, 6.45) is 0.982. The highest BCUT2D eigenvalue weighted by Gasteiger charge is 2.15. The van der Waals surface area contributed by atoms with Gasteiger partial charge in [-0.3, -0.25) is 4.79 Å². The molecular formula is C13H14BrClN4OS. The first-order chi connectivity index (χ1) is 10.0. The predicted molar refractivity (Wildman–Crippen MR) is 90.5 cm³/mol. The lowest BCUT2D eigenvalue weighted by Crippen LogP contribution is -2.12. The Morgan fingerprint density at radius 1 is 1.43 bits per heavy atom. The lowest BCUT2D eigenvalue weighted by Gasteiger charge is -2.08. The van der Waals surface area contributed by atoms with Crippen molar-refractivity contribution in [1.29, 1.82) is 0 Å². The van der Waals surface area contributed by atoms with Gasteiger partial charge in [0.2, 0.25) is 10.1 Å². The van der Waals surface area contributed by atoms with Gasteiger partial charge in [0.1, 0.15) is 0 Å². The second-order valence-corrected chi connectivity index (χ2v) is 6.61. The van der Waals surface area contributed by atoms with Crippen LogP contribution in [0.2, 0.25) is 5.02 Å². The minimum absolute atomic E-state index is 0.303. The first kappa shape index (κ1) is 16.2. The van der Waals surface area contributed by atoms with Crippen molar-refractivity contribution in [3.05, 3.63) is 32.2 Å². The summed E-state index contributed by atoms with van der Waals surface area (Å²) in [6, 6.07) is 3.56. The molecule has 2 rings (SSSR count). The molecule has 1 aromatic heterocycles. The third-order valence-electron chi connectivity index (χ3n) is 2.64. The quantitative estimate of drug-likeness (QED) is 0.798. The smallest absolute Gasteiger partial charge is 0.286 e. The zero-order valence-corrected chi connectivity index (χ0v) is 14.7. The highest BCUT2D eigenvalue weighted by atomic mass is 79.9. The molecule has 0 unspecified atom stereocenters. The number of hydrogen-bond acceptors (Lipinski definition) is 5. The van der Waals surface area contributed by atoms with Crippen LogP contribution in [0.1, 0.15) is 28.7 Å². The van der Waals surface area contributed by atoms with E-state index in [2.05, 4.69) is 43.7 Å². The maximum Gasteiger partial charge on any atom is 0.286 e. The third-order valence-corrected chi connectivity index (χ3v) is 4.58. The van der Waals surface area contributed by atoms with Crippen molar-refractivity contribution in [2.24, 2.45) is 0 Å². The lowest BCUT2D eigenvalue weighted by molar-refractivity contribution is 0.102. The SMILES string of the molecule is CCCNc1nnc(C(=O)Nc2cc(Cl)c(C)cc2Br)s1. The largest absolute Gasteiger partial charge is 0.360 e. The van der Waals surface area contributed by atoms with Crippen LogP contribution in [0.25, 0.3) is 0 Å². The molecule has 112 valence electrons. The van der Waals surface area contributed by atoms with Gasteiger partial charge in [-0.05, 0) is 47.0 Å². The standard InChI is InChI=1S/C13H14BrClN4OS/c1-3-4-16-13-19-18-12(21-13)11(20)17-10-6-9(15)7(2)5-8(10)14/h5-6H,3-4H2,1-2H3,(H,16,19)(H,17,20). The Morgan fingerprint density at radius 2 is 2.19 bits per heavy atom. The summed E-state index contributed by atoms with van der Waals surface area (Å²) >= 11 is 10.7. The van der Waals surface area contributed by atoms with E-state index in [-0.39, 0.29) is 5.91 Å². The zero-order valence-electron chi connectivity index (χ0n) is 11.5. The molecule has 21 heavy (non-hydrogen) atoms. The van der Waals surface area contributed by atoms with E-state index in [0.29, 0.717) is 20.8 Å². The van der Waals surface area contributed by atoms with Crippen LogP contribution in [0, 0.1) is 6.92 Å². The number of halogens is 2. The van der Waals surface area contributed by atoms with Gasteiger partial charge in [0.05, 0.1) is 5.69 Å². The number of carbonyl (C=O) groups is 1. The van der Waals surface area contributed by atoms with E-state index in [1.165, 1.54) is 11.3 Å². The number of carbonyl (C=O) groups excluding carboxylic acids is 1. The number of nitrogens with zero attached hydrogens (tertiary/aromatic N) is 2. The normalized spacial score (nSPS) is 10.5. The fourth-order valence-electron chi connectivity index (χ4n) is 1.54. The molecule has 0 bridgehead atoms. The minimum atomic E-state index is -0.308. The van der Waals surface area contributed by atoms with Crippen LogP contribution in [-0.4, -0.2) is 22.6 Å². The molecule has 0 saturated carbocycles. The van der Waals surface area contributed by atoms with Crippen molar-refractivity contribution < 1.29 is 4.79 Å². The summed E-state index contributed by atoms with van der Waals surface area (Å²) in [6.45, 7) is 4.75. The van der Waals surface area contributed by atoms with E-state index in [1.807, 2.05) is 13.0 Å². The molecule has 1 heterocycles. The molecule has 0 aliphatic heterocycles. The number of benzene rings is 1. The minimum Gasteiger partial charge on any atom is -0.360 e. The number of rotatable bonds is 5. The van der Waals surface area contributed by atoms with E-state index in [4.69, 9.17) is 11.6 Å². The summed E-state index contributed by atoms with van der Waals surface area (Å²) < 4.78 is 0.770. The van der Waals surface area contributed by atoms with Crippen molar-refractivity contribution in [2.45, 2.75) is 20.3 Å². The molecule has 5 nitrogen and oxygen atoms in total. The van der Waals surface area contributed by atoms with Crippen LogP contribution in [0.15, 0.2) is 16.6 Å². The Kier molecular flexibility index (Phi) is 5.55. The molecule has 8 heteroatoms. The van der Waals surface area contributed by atoms with Crippen molar-refractivity contribution in [3.8, 4) is 0 Å². The molecule has 0 saturated heterocycles. The second kappa shape index (κ2) is 7.20. The fraction of sp³-hybridized carbons (Fsp3) is 0.308. The second-order valence-electron chi connectivity index (χ2n) is 4.37. The van der Waals surface area contributed by atoms with E-state index in [9.17, 15) is 4.79 Å². The van der Waals surface area contributed by atoms with Crippen molar-refractivity contribution in [3.63, 3.8) is 0 Å². The fourth-order valence-corrected chi connectivity index (χ4v) is 2.92. The number of nitrogens with one attached hydrogen (secondary N) is 2. The van der Waals surface area contributed by atoms with Crippen LogP contribution < -0.4 is 10.6 Å². The Bertz CT molecular complexity index is 662. The summed E-state index contributed by atoms with van der Waals surface area (Å²) in [5, 5.41) is 15.2. The molecule has 0 aliphatic rings. The van der Waals surface area contributed by atoms with Gasteiger partial charge in [-0.1, -0.05) is 29.9 Å². The molecule has 1 amide bonds.